The van der Waals surface area contributed by atoms with Crippen molar-refractivity contribution in [2.24, 2.45) is 21.2 Å². The number of rotatable bonds is 7. The van der Waals surface area contributed by atoms with E-state index in [0.717, 1.165) is 36.0 Å². The summed E-state index contributed by atoms with van der Waals surface area (Å²) in [5.41, 5.74) is 4.72. The Labute approximate surface area is 235 Å². The first-order chi connectivity index (χ1) is 19.8. The van der Waals surface area contributed by atoms with Gasteiger partial charge in [0.05, 0.1) is 30.2 Å². The first-order valence-corrected chi connectivity index (χ1v) is 13.6. The van der Waals surface area contributed by atoms with Gasteiger partial charge in [-0.05, 0) is 57.1 Å². The molecule has 2 unspecified atom stereocenters. The van der Waals surface area contributed by atoms with Crippen LogP contribution in [0.15, 0.2) is 63.9 Å². The summed E-state index contributed by atoms with van der Waals surface area (Å²) in [6, 6.07) is 4.89. The van der Waals surface area contributed by atoms with E-state index >= 15 is 0 Å². The maximum absolute atomic E-state index is 13.5. The highest BCUT2D eigenvalue weighted by Gasteiger charge is 2.46. The fourth-order valence-electron chi connectivity index (χ4n) is 5.71. The number of nitrogens with one attached hydrogen (secondary N) is 4. The predicted molar refractivity (Wildman–Crippen MR) is 148 cm³/mol. The van der Waals surface area contributed by atoms with Crippen molar-refractivity contribution in [2.75, 3.05) is 12.4 Å². The summed E-state index contributed by atoms with van der Waals surface area (Å²) in [5.74, 6) is 1.47. The number of amides is 1. The molecule has 6 rings (SSSR count). The molecule has 1 fully saturated rings. The maximum Gasteiger partial charge on any atom is 0.252 e. The molecule has 13 nitrogen and oxygen atoms in total. The van der Waals surface area contributed by atoms with Crippen LogP contribution in [0.25, 0.3) is 5.82 Å². The van der Waals surface area contributed by atoms with Gasteiger partial charge in [-0.1, -0.05) is 11.3 Å². The molecular formula is C27H32FN11O2. The van der Waals surface area contributed by atoms with Crippen LogP contribution in [0.2, 0.25) is 0 Å². The fraction of sp³-hybridized carbons (Fsp3) is 0.444. The molecule has 1 saturated carbocycles. The second-order valence-electron chi connectivity index (χ2n) is 10.7. The summed E-state index contributed by atoms with van der Waals surface area (Å²) in [4.78, 5) is 22.9. The average Bonchev–Trinajstić information content (AvgIpc) is 3.74. The molecule has 3 aromatic heterocycles. The summed E-state index contributed by atoms with van der Waals surface area (Å²) in [7, 11) is 1.59. The number of hydrogen-bond acceptors (Lipinski definition) is 10. The van der Waals surface area contributed by atoms with E-state index in [1.165, 1.54) is 10.9 Å². The van der Waals surface area contributed by atoms with Crippen LogP contribution in [0.3, 0.4) is 0 Å². The minimum Gasteiger partial charge on any atom is -0.368 e. The predicted octanol–water partition coefficient (Wildman–Crippen LogP) is 3.31. The van der Waals surface area contributed by atoms with Crippen molar-refractivity contribution in [3.63, 3.8) is 0 Å². The van der Waals surface area contributed by atoms with Gasteiger partial charge in [0.25, 0.3) is 5.91 Å². The second-order valence-corrected chi connectivity index (χ2v) is 10.7. The Bertz CT molecular complexity index is 1500. The third-order valence-electron chi connectivity index (χ3n) is 8.08. The van der Waals surface area contributed by atoms with E-state index in [9.17, 15) is 9.18 Å². The van der Waals surface area contributed by atoms with Gasteiger partial charge in [0, 0.05) is 31.1 Å². The highest BCUT2D eigenvalue weighted by Crippen LogP contribution is 2.40. The lowest BCUT2D eigenvalue weighted by molar-refractivity contribution is -0.149. The number of methoxy groups -OCH3 is 1. The Morgan fingerprint density at radius 3 is 2.76 bits per heavy atom. The van der Waals surface area contributed by atoms with Crippen LogP contribution in [0.5, 0.6) is 0 Å². The van der Waals surface area contributed by atoms with Gasteiger partial charge in [0.1, 0.15) is 17.5 Å². The van der Waals surface area contributed by atoms with Gasteiger partial charge in [0.2, 0.25) is 0 Å². The number of amidine groups is 1. The number of nitrogens with zero attached hydrogens (tertiary/aromatic N) is 7. The lowest BCUT2D eigenvalue weighted by atomic mass is 9.73. The Balaban J connectivity index is 1.10. The largest absolute Gasteiger partial charge is 0.368 e. The zero-order chi connectivity index (χ0) is 28.6. The molecule has 0 spiro atoms. The molecule has 3 atom stereocenters. The molecule has 214 valence electrons. The molecule has 0 aromatic carbocycles. The topological polar surface area (TPSA) is 159 Å². The molecule has 41 heavy (non-hydrogen) atoms. The third kappa shape index (κ3) is 5.34. The first kappa shape index (κ1) is 26.7. The molecule has 3 aliphatic rings. The van der Waals surface area contributed by atoms with Gasteiger partial charge in [-0.15, -0.1) is 0 Å². The lowest BCUT2D eigenvalue weighted by Crippen LogP contribution is -2.52. The number of halogens is 1. The molecule has 3 aromatic rings. The highest BCUT2D eigenvalue weighted by atomic mass is 19.1. The van der Waals surface area contributed by atoms with Gasteiger partial charge < -0.3 is 15.4 Å². The van der Waals surface area contributed by atoms with Crippen molar-refractivity contribution in [1.82, 2.24) is 35.7 Å². The van der Waals surface area contributed by atoms with Crippen molar-refractivity contribution in [1.29, 1.82) is 0 Å². The minimum atomic E-state index is -0.940. The normalized spacial score (nSPS) is 26.0. The monoisotopic (exact) mass is 561 g/mol. The Kier molecular flexibility index (Phi) is 7.07. The molecule has 0 bridgehead atoms. The number of dihydropyridines is 1. The zero-order valence-corrected chi connectivity index (χ0v) is 23.0. The van der Waals surface area contributed by atoms with Crippen molar-refractivity contribution >= 4 is 17.6 Å². The number of anilines is 1. The molecule has 4 N–H and O–H groups in total. The van der Waals surface area contributed by atoms with Crippen molar-refractivity contribution in [3.05, 3.63) is 65.6 Å². The number of pyridine rings is 1. The minimum absolute atomic E-state index is 0.124. The zero-order valence-electron chi connectivity index (χ0n) is 23.0. The van der Waals surface area contributed by atoms with E-state index in [1.807, 2.05) is 32.1 Å². The quantitative estimate of drug-likeness (QED) is 0.344. The number of aryl methyl sites for hydroxylation is 1. The molecule has 0 radical (unpaired) electrons. The van der Waals surface area contributed by atoms with Crippen LogP contribution >= 0.6 is 0 Å². The van der Waals surface area contributed by atoms with Crippen LogP contribution in [-0.2, 0) is 9.53 Å². The Morgan fingerprint density at radius 1 is 1.27 bits per heavy atom. The van der Waals surface area contributed by atoms with E-state index in [0.29, 0.717) is 30.3 Å². The number of H-pyrrole nitrogens is 1. The number of carbonyl (C=O) groups excluding carboxylic acids is 1. The van der Waals surface area contributed by atoms with E-state index < -0.39 is 11.4 Å². The third-order valence-corrected chi connectivity index (χ3v) is 8.08. The smallest absolute Gasteiger partial charge is 0.252 e. The van der Waals surface area contributed by atoms with Crippen LogP contribution in [0.4, 0.5) is 10.2 Å². The first-order valence-electron chi connectivity index (χ1n) is 13.6. The van der Waals surface area contributed by atoms with E-state index in [1.54, 1.807) is 19.4 Å². The molecule has 0 saturated heterocycles. The summed E-state index contributed by atoms with van der Waals surface area (Å²) in [6.07, 6.45) is 8.55. The molecular weight excluding hydrogens is 529 g/mol. The van der Waals surface area contributed by atoms with Crippen LogP contribution < -0.4 is 16.1 Å². The molecule has 5 heterocycles. The molecule has 14 heteroatoms. The van der Waals surface area contributed by atoms with Gasteiger partial charge in [0.15, 0.2) is 17.5 Å². The number of aromatic nitrogens is 5. The number of ether oxygens (including phenoxy) is 1. The van der Waals surface area contributed by atoms with E-state index in [2.05, 4.69) is 46.7 Å². The average molecular weight is 562 g/mol. The van der Waals surface area contributed by atoms with Gasteiger partial charge >= 0.3 is 0 Å². The Morgan fingerprint density at radius 2 is 2.10 bits per heavy atom. The van der Waals surface area contributed by atoms with E-state index in [-0.39, 0.29) is 30.0 Å². The number of carbonyl (C=O) groups is 1. The van der Waals surface area contributed by atoms with Crippen LogP contribution in [0.1, 0.15) is 49.9 Å². The fourth-order valence-corrected chi connectivity index (χ4v) is 5.71. The molecule has 1 amide bonds. The van der Waals surface area contributed by atoms with Crippen molar-refractivity contribution in [3.8, 4) is 5.82 Å². The second kappa shape index (κ2) is 10.8. The van der Waals surface area contributed by atoms with Crippen molar-refractivity contribution in [2.45, 2.75) is 63.3 Å². The lowest BCUT2D eigenvalue weighted by Gasteiger charge is -2.41. The summed E-state index contributed by atoms with van der Waals surface area (Å²) in [6.45, 7) is 3.84. The number of hydrogen-bond donors (Lipinski definition) is 4. The Hall–Kier alpha value is -4.46. The van der Waals surface area contributed by atoms with Gasteiger partial charge in [-0.2, -0.15) is 15.3 Å². The highest BCUT2D eigenvalue weighted by molar-refractivity contribution is 6.04. The van der Waals surface area contributed by atoms with Gasteiger partial charge in [-0.3, -0.25) is 20.3 Å². The summed E-state index contributed by atoms with van der Waals surface area (Å²) < 4.78 is 20.5. The number of aliphatic imine (C=N–C) groups is 1. The molecule has 1 aliphatic carbocycles. The SMILES string of the molecule is COC1(C(=O)N[C@@H](C)c2ccc(-n3cc(F)cn3)nc2)CCC(C2N=C(Nc3cc(C)[nH]n3)C=C3NN=NC32)CC1. The standard InChI is InChI=1S/C27H32FN11O2/c1-15-10-22(36-34-15)32-21-11-20-25(37-38-35-20)24(33-21)17-6-8-27(41-3,9-7-17)26(40)31-16(2)18-4-5-23(29-12-18)39-14-19(28)13-30-39/h4-5,10-14,16-17,24-25H,6-9H2,1-3H3,(H,31,40)(H,35,37)(H2,32,33,34,36)/t16-,17?,24?,25?,27?/m0/s1. The summed E-state index contributed by atoms with van der Waals surface area (Å²) in [5, 5.41) is 25.9. The summed E-state index contributed by atoms with van der Waals surface area (Å²) >= 11 is 0. The van der Waals surface area contributed by atoms with Gasteiger partial charge in [-0.25, -0.2) is 14.1 Å². The van der Waals surface area contributed by atoms with Crippen molar-refractivity contribution < 1.29 is 13.9 Å². The molecule has 2 aliphatic heterocycles. The van der Waals surface area contributed by atoms with E-state index in [4.69, 9.17) is 9.73 Å². The number of fused-ring (bicyclic) bond motifs is 1. The maximum atomic E-state index is 13.5. The number of aromatic amines is 1. The van der Waals surface area contributed by atoms with Crippen LogP contribution in [0, 0.1) is 18.7 Å². The van der Waals surface area contributed by atoms with Crippen LogP contribution in [-0.4, -0.2) is 61.5 Å².